The van der Waals surface area contributed by atoms with Crippen LogP contribution in [0.15, 0.2) is 23.2 Å². The molecule has 0 unspecified atom stereocenters. The van der Waals surface area contributed by atoms with E-state index < -0.39 is 39.1 Å². The minimum atomic E-state index is -3.94. The molecule has 2 heterocycles. The molecule has 0 N–H and O–H groups in total. The summed E-state index contributed by atoms with van der Waals surface area (Å²) in [6.07, 6.45) is 1.70. The van der Waals surface area contributed by atoms with Crippen LogP contribution in [0.25, 0.3) is 10.2 Å². The number of hydrogen-bond acceptors (Lipinski definition) is 7. The molecule has 0 bridgehead atoms. The maximum absolute atomic E-state index is 12.5. The number of aromatic nitrogens is 1. The maximum Gasteiger partial charge on any atom is 0.338 e. The monoisotopic (exact) mass is 495 g/mol. The SMILES string of the molecule is CCOC(=O)c1ccc2c(c1)sc(=NC(=O)CS(=O)(=O)CC(=O)N1CCC(C)CC1)n2CC. The maximum atomic E-state index is 12.5. The molecule has 0 spiro atoms. The number of aryl methyl sites for hydroxylation is 1. The molecule has 0 atom stereocenters. The van der Waals surface area contributed by atoms with Gasteiger partial charge in [-0.25, -0.2) is 13.2 Å². The Balaban J connectivity index is 1.77. The van der Waals surface area contributed by atoms with Gasteiger partial charge in [-0.05, 0) is 50.8 Å². The van der Waals surface area contributed by atoms with E-state index in [0.717, 1.165) is 23.1 Å². The molecule has 9 nitrogen and oxygen atoms in total. The van der Waals surface area contributed by atoms with Gasteiger partial charge in [0.1, 0.15) is 11.5 Å². The Bertz CT molecular complexity index is 1220. The number of thiazole rings is 1. The van der Waals surface area contributed by atoms with Gasteiger partial charge in [0.05, 0.1) is 22.4 Å². The largest absolute Gasteiger partial charge is 0.462 e. The van der Waals surface area contributed by atoms with Crippen molar-refractivity contribution in [3.63, 3.8) is 0 Å². The molecule has 1 fully saturated rings. The van der Waals surface area contributed by atoms with Crippen LogP contribution in [-0.4, -0.2) is 66.9 Å². The Morgan fingerprint density at radius 1 is 1.15 bits per heavy atom. The summed E-state index contributed by atoms with van der Waals surface area (Å²) in [5, 5.41) is 0. The van der Waals surface area contributed by atoms with Crippen molar-refractivity contribution in [3.05, 3.63) is 28.6 Å². The number of fused-ring (bicyclic) bond motifs is 1. The van der Waals surface area contributed by atoms with Crippen molar-refractivity contribution in [2.45, 2.75) is 40.2 Å². The second kappa shape index (κ2) is 10.6. The molecule has 0 saturated carbocycles. The summed E-state index contributed by atoms with van der Waals surface area (Å²) >= 11 is 1.19. The summed E-state index contributed by atoms with van der Waals surface area (Å²) < 4.78 is 32.5. The highest BCUT2D eigenvalue weighted by Gasteiger charge is 2.26. The molecule has 2 aromatic rings. The molecule has 0 radical (unpaired) electrons. The van der Waals surface area contributed by atoms with Crippen molar-refractivity contribution >= 4 is 49.2 Å². The highest BCUT2D eigenvalue weighted by molar-refractivity contribution is 7.92. The fourth-order valence-electron chi connectivity index (χ4n) is 3.72. The number of carbonyl (C=O) groups excluding carboxylic acids is 3. The molecule has 3 rings (SSSR count). The smallest absolute Gasteiger partial charge is 0.338 e. The van der Waals surface area contributed by atoms with E-state index in [1.54, 1.807) is 34.6 Å². The van der Waals surface area contributed by atoms with Crippen molar-refractivity contribution in [2.24, 2.45) is 10.9 Å². The van der Waals surface area contributed by atoms with Crippen molar-refractivity contribution < 1.29 is 27.5 Å². The standard InChI is InChI=1S/C22H29N3O6S2/c1-4-25-17-7-6-16(21(28)31-5-2)12-18(17)32-22(25)23-19(26)13-33(29,30)14-20(27)24-10-8-15(3)9-11-24/h6-7,12,15H,4-5,8-11,13-14H2,1-3H3. The summed E-state index contributed by atoms with van der Waals surface area (Å²) in [6, 6.07) is 5.06. The van der Waals surface area contributed by atoms with E-state index in [-0.39, 0.29) is 6.61 Å². The van der Waals surface area contributed by atoms with Crippen LogP contribution >= 0.6 is 11.3 Å². The minimum Gasteiger partial charge on any atom is -0.462 e. The first-order chi connectivity index (χ1) is 15.6. The lowest BCUT2D eigenvalue weighted by molar-refractivity contribution is -0.129. The van der Waals surface area contributed by atoms with E-state index in [1.807, 2.05) is 6.92 Å². The van der Waals surface area contributed by atoms with Crippen LogP contribution in [0.1, 0.15) is 44.0 Å². The number of rotatable bonds is 7. The first kappa shape index (κ1) is 25.1. The zero-order chi connectivity index (χ0) is 24.2. The Morgan fingerprint density at radius 2 is 1.85 bits per heavy atom. The van der Waals surface area contributed by atoms with E-state index in [2.05, 4.69) is 11.9 Å². The number of sulfone groups is 1. The molecular weight excluding hydrogens is 466 g/mol. The topological polar surface area (TPSA) is 115 Å². The number of amides is 2. The third kappa shape index (κ3) is 6.29. The lowest BCUT2D eigenvalue weighted by atomic mass is 9.99. The molecule has 1 saturated heterocycles. The first-order valence-corrected chi connectivity index (χ1v) is 13.6. The molecule has 0 aliphatic carbocycles. The minimum absolute atomic E-state index is 0.263. The lowest BCUT2D eigenvalue weighted by Gasteiger charge is -2.30. The second-order valence-corrected chi connectivity index (χ2v) is 11.2. The van der Waals surface area contributed by atoms with E-state index >= 15 is 0 Å². The van der Waals surface area contributed by atoms with E-state index in [0.29, 0.717) is 35.9 Å². The second-order valence-electron chi connectivity index (χ2n) is 8.13. The van der Waals surface area contributed by atoms with E-state index in [4.69, 9.17) is 4.74 Å². The van der Waals surface area contributed by atoms with Gasteiger partial charge in [-0.2, -0.15) is 4.99 Å². The van der Waals surface area contributed by atoms with Crippen molar-refractivity contribution in [3.8, 4) is 0 Å². The number of piperidine rings is 1. The van der Waals surface area contributed by atoms with Crippen LogP contribution in [0.4, 0.5) is 0 Å². The van der Waals surface area contributed by atoms with Gasteiger partial charge >= 0.3 is 5.97 Å². The summed E-state index contributed by atoms with van der Waals surface area (Å²) in [4.78, 5) is 42.8. The highest BCUT2D eigenvalue weighted by atomic mass is 32.2. The molecule has 2 amide bonds. The number of benzene rings is 1. The third-order valence-corrected chi connectivity index (χ3v) is 7.97. The van der Waals surface area contributed by atoms with Crippen LogP contribution in [0.2, 0.25) is 0 Å². The molecule has 1 aliphatic heterocycles. The average Bonchev–Trinajstić information content (AvgIpc) is 3.09. The van der Waals surface area contributed by atoms with Crippen LogP contribution in [-0.2, 0) is 30.7 Å². The van der Waals surface area contributed by atoms with Crippen molar-refractivity contribution in [1.29, 1.82) is 0 Å². The van der Waals surface area contributed by atoms with Gasteiger partial charge in [0, 0.05) is 19.6 Å². The molecule has 180 valence electrons. The number of hydrogen-bond donors (Lipinski definition) is 0. The number of likely N-dealkylation sites (tertiary alicyclic amines) is 1. The molecule has 1 aliphatic rings. The van der Waals surface area contributed by atoms with Crippen molar-refractivity contribution in [2.75, 3.05) is 31.2 Å². The molecule has 1 aromatic carbocycles. The predicted molar refractivity (Wildman–Crippen MR) is 126 cm³/mol. The fourth-order valence-corrected chi connectivity index (χ4v) is 5.97. The Hall–Kier alpha value is -2.53. The quantitative estimate of drug-likeness (QED) is 0.543. The van der Waals surface area contributed by atoms with Gasteiger partial charge < -0.3 is 14.2 Å². The van der Waals surface area contributed by atoms with Gasteiger partial charge in [0.25, 0.3) is 5.91 Å². The lowest BCUT2D eigenvalue weighted by Crippen LogP contribution is -2.41. The Morgan fingerprint density at radius 3 is 2.48 bits per heavy atom. The summed E-state index contributed by atoms with van der Waals surface area (Å²) in [5.41, 5.74) is 1.17. The zero-order valence-corrected chi connectivity index (χ0v) is 20.7. The Kier molecular flexibility index (Phi) is 8.06. The first-order valence-electron chi connectivity index (χ1n) is 11.0. The van der Waals surface area contributed by atoms with Gasteiger partial charge in [0.2, 0.25) is 5.91 Å². The molecule has 33 heavy (non-hydrogen) atoms. The summed E-state index contributed by atoms with van der Waals surface area (Å²) in [5.74, 6) is -2.72. The Labute approximate surface area is 197 Å². The number of esters is 1. The predicted octanol–water partition coefficient (Wildman–Crippen LogP) is 2.00. The third-order valence-electron chi connectivity index (χ3n) is 5.55. The molecule has 1 aromatic heterocycles. The fraction of sp³-hybridized carbons (Fsp3) is 0.545. The summed E-state index contributed by atoms with van der Waals surface area (Å²) in [7, 11) is -3.94. The summed E-state index contributed by atoms with van der Waals surface area (Å²) in [6.45, 7) is 7.56. The molecular formula is C22H29N3O6S2. The van der Waals surface area contributed by atoms with E-state index in [9.17, 15) is 22.8 Å². The van der Waals surface area contributed by atoms with E-state index in [1.165, 1.54) is 11.3 Å². The average molecular weight is 496 g/mol. The van der Waals surface area contributed by atoms with Crippen LogP contribution in [0.5, 0.6) is 0 Å². The number of ether oxygens (including phenoxy) is 1. The molecule has 11 heteroatoms. The van der Waals surface area contributed by atoms with Gasteiger partial charge in [-0.15, -0.1) is 0 Å². The van der Waals surface area contributed by atoms with Crippen LogP contribution in [0.3, 0.4) is 0 Å². The highest BCUT2D eigenvalue weighted by Crippen LogP contribution is 2.20. The zero-order valence-electron chi connectivity index (χ0n) is 19.1. The van der Waals surface area contributed by atoms with Gasteiger partial charge in [-0.3, -0.25) is 9.59 Å². The van der Waals surface area contributed by atoms with Crippen LogP contribution in [0, 0.1) is 5.92 Å². The van der Waals surface area contributed by atoms with Crippen molar-refractivity contribution in [1.82, 2.24) is 9.47 Å². The van der Waals surface area contributed by atoms with Crippen LogP contribution < -0.4 is 4.80 Å². The number of carbonyl (C=O) groups is 3. The van der Waals surface area contributed by atoms with Gasteiger partial charge in [0.15, 0.2) is 14.6 Å². The van der Waals surface area contributed by atoms with Gasteiger partial charge in [-0.1, -0.05) is 18.3 Å². The normalized spacial score (nSPS) is 15.7. The number of nitrogens with zero attached hydrogens (tertiary/aromatic N) is 3.